The van der Waals surface area contributed by atoms with E-state index in [4.69, 9.17) is 0 Å². The molecule has 0 N–H and O–H groups in total. The Balaban J connectivity index is 2.66. The molecule has 1 aromatic rings. The van der Waals surface area contributed by atoms with Crippen molar-refractivity contribution in [2.45, 2.75) is 20.4 Å². The predicted octanol–water partition coefficient (Wildman–Crippen LogP) is 1.03. The molecule has 3 nitrogen and oxygen atoms in total. The molecular weight excluding hydrogens is 138 g/mol. The van der Waals surface area contributed by atoms with Gasteiger partial charge in [0.25, 0.3) is 0 Å². The van der Waals surface area contributed by atoms with Crippen molar-refractivity contribution in [1.82, 2.24) is 9.97 Å². The van der Waals surface area contributed by atoms with Crippen LogP contribution in [0.5, 0.6) is 0 Å². The van der Waals surface area contributed by atoms with Crippen LogP contribution in [-0.2, 0) is 6.54 Å². The Hall–Kier alpha value is -1.25. The Bertz CT molecular complexity index is 328. The highest BCUT2D eigenvalue weighted by atomic mass is 14.9. The van der Waals surface area contributed by atoms with Gasteiger partial charge in [0.05, 0.1) is 12.2 Å². The molecule has 0 aliphatic carbocycles. The first kappa shape index (κ1) is 6.46. The summed E-state index contributed by atoms with van der Waals surface area (Å²) in [5.41, 5.74) is 3.23. The van der Waals surface area contributed by atoms with Gasteiger partial charge in [-0.3, -0.25) is 4.99 Å². The van der Waals surface area contributed by atoms with Crippen molar-refractivity contribution in [3.63, 3.8) is 0 Å². The number of fused-ring (bicyclic) bond motifs is 1. The summed E-state index contributed by atoms with van der Waals surface area (Å²) in [7, 11) is 0. The SMILES string of the molecule is Cc1nc(C)c2c(n1)C=NC2. The summed E-state index contributed by atoms with van der Waals surface area (Å²) in [5, 5.41) is 0. The Kier molecular flexibility index (Phi) is 1.24. The minimum absolute atomic E-state index is 0.751. The molecule has 56 valence electrons. The first-order valence-electron chi connectivity index (χ1n) is 3.61. The van der Waals surface area contributed by atoms with Gasteiger partial charge in [0.2, 0.25) is 0 Å². The number of aliphatic imine (C=N–C) groups is 1. The second-order valence-electron chi connectivity index (χ2n) is 2.69. The molecule has 0 unspecified atom stereocenters. The summed E-state index contributed by atoms with van der Waals surface area (Å²) >= 11 is 0. The standard InChI is InChI=1S/C8H9N3/c1-5-7-3-9-4-8(7)11-6(2)10-5/h4H,3H2,1-2H3. The lowest BCUT2D eigenvalue weighted by atomic mass is 10.2. The Morgan fingerprint density at radius 3 is 2.91 bits per heavy atom. The van der Waals surface area contributed by atoms with Crippen molar-refractivity contribution >= 4 is 6.21 Å². The second kappa shape index (κ2) is 2.12. The molecule has 2 rings (SSSR count). The van der Waals surface area contributed by atoms with E-state index in [2.05, 4.69) is 15.0 Å². The molecule has 0 atom stereocenters. The summed E-state index contributed by atoms with van der Waals surface area (Å²) < 4.78 is 0. The zero-order valence-electron chi connectivity index (χ0n) is 6.63. The van der Waals surface area contributed by atoms with Gasteiger partial charge < -0.3 is 0 Å². The van der Waals surface area contributed by atoms with Crippen molar-refractivity contribution in [2.24, 2.45) is 4.99 Å². The number of hydrogen-bond donors (Lipinski definition) is 0. The van der Waals surface area contributed by atoms with Crippen LogP contribution in [0.1, 0.15) is 22.8 Å². The molecule has 0 radical (unpaired) electrons. The van der Waals surface area contributed by atoms with Crippen LogP contribution in [0.15, 0.2) is 4.99 Å². The summed E-state index contributed by atoms with van der Waals surface area (Å²) in [6.07, 6.45) is 1.82. The van der Waals surface area contributed by atoms with Crippen molar-refractivity contribution in [3.8, 4) is 0 Å². The maximum Gasteiger partial charge on any atom is 0.126 e. The molecule has 1 aliphatic rings. The molecule has 0 fully saturated rings. The maximum atomic E-state index is 4.25. The summed E-state index contributed by atoms with van der Waals surface area (Å²) in [6.45, 7) is 4.66. The summed E-state index contributed by atoms with van der Waals surface area (Å²) in [6, 6.07) is 0. The molecule has 0 saturated heterocycles. The van der Waals surface area contributed by atoms with E-state index in [1.54, 1.807) is 0 Å². The van der Waals surface area contributed by atoms with Gasteiger partial charge in [0.15, 0.2) is 0 Å². The number of nitrogens with zero attached hydrogens (tertiary/aromatic N) is 3. The van der Waals surface area contributed by atoms with E-state index < -0.39 is 0 Å². The van der Waals surface area contributed by atoms with Gasteiger partial charge in [-0.1, -0.05) is 0 Å². The van der Waals surface area contributed by atoms with Crippen molar-refractivity contribution in [3.05, 3.63) is 22.8 Å². The zero-order valence-corrected chi connectivity index (χ0v) is 6.63. The minimum Gasteiger partial charge on any atom is -0.286 e. The highest BCUT2D eigenvalue weighted by Gasteiger charge is 2.11. The fourth-order valence-electron chi connectivity index (χ4n) is 1.29. The molecule has 11 heavy (non-hydrogen) atoms. The van der Waals surface area contributed by atoms with E-state index in [0.717, 1.165) is 23.8 Å². The van der Waals surface area contributed by atoms with Crippen LogP contribution in [0, 0.1) is 13.8 Å². The first-order chi connectivity index (χ1) is 5.27. The molecule has 0 bridgehead atoms. The molecule has 0 spiro atoms. The molecule has 1 aromatic heterocycles. The number of hydrogen-bond acceptors (Lipinski definition) is 3. The Morgan fingerprint density at radius 1 is 1.27 bits per heavy atom. The second-order valence-corrected chi connectivity index (χ2v) is 2.69. The van der Waals surface area contributed by atoms with E-state index in [9.17, 15) is 0 Å². The van der Waals surface area contributed by atoms with Gasteiger partial charge in [0, 0.05) is 17.5 Å². The van der Waals surface area contributed by atoms with Gasteiger partial charge in [-0.05, 0) is 13.8 Å². The van der Waals surface area contributed by atoms with E-state index in [0.29, 0.717) is 0 Å². The van der Waals surface area contributed by atoms with E-state index in [-0.39, 0.29) is 0 Å². The van der Waals surface area contributed by atoms with Gasteiger partial charge in [-0.15, -0.1) is 0 Å². The molecule has 1 aliphatic heterocycles. The van der Waals surface area contributed by atoms with Gasteiger partial charge in [0.1, 0.15) is 5.82 Å². The van der Waals surface area contributed by atoms with E-state index >= 15 is 0 Å². The van der Waals surface area contributed by atoms with Crippen LogP contribution in [0.2, 0.25) is 0 Å². The quantitative estimate of drug-likeness (QED) is 0.549. The Morgan fingerprint density at radius 2 is 2.09 bits per heavy atom. The van der Waals surface area contributed by atoms with Crippen LogP contribution in [0.25, 0.3) is 0 Å². The normalized spacial score (nSPS) is 13.6. The smallest absolute Gasteiger partial charge is 0.126 e. The lowest BCUT2D eigenvalue weighted by Crippen LogP contribution is -1.99. The average Bonchev–Trinajstić information content (AvgIpc) is 2.34. The maximum absolute atomic E-state index is 4.25. The van der Waals surface area contributed by atoms with Crippen LogP contribution in [0.3, 0.4) is 0 Å². The first-order valence-corrected chi connectivity index (χ1v) is 3.61. The highest BCUT2D eigenvalue weighted by Crippen LogP contribution is 2.14. The molecule has 0 aromatic carbocycles. The third kappa shape index (κ3) is 0.926. The van der Waals surface area contributed by atoms with Gasteiger partial charge in [-0.2, -0.15) is 0 Å². The zero-order chi connectivity index (χ0) is 7.84. The lowest BCUT2D eigenvalue weighted by Gasteiger charge is -2.01. The van der Waals surface area contributed by atoms with Crippen LogP contribution >= 0.6 is 0 Å². The third-order valence-electron chi connectivity index (χ3n) is 1.82. The predicted molar refractivity (Wildman–Crippen MR) is 42.8 cm³/mol. The fraction of sp³-hybridized carbons (Fsp3) is 0.375. The average molecular weight is 147 g/mol. The molecular formula is C8H9N3. The largest absolute Gasteiger partial charge is 0.286 e. The summed E-state index contributed by atoms with van der Waals surface area (Å²) in [5.74, 6) is 0.828. The van der Waals surface area contributed by atoms with E-state index in [1.807, 2.05) is 20.1 Å². The lowest BCUT2D eigenvalue weighted by molar-refractivity contribution is 0.950. The van der Waals surface area contributed by atoms with Gasteiger partial charge >= 0.3 is 0 Å². The van der Waals surface area contributed by atoms with Crippen LogP contribution < -0.4 is 0 Å². The van der Waals surface area contributed by atoms with Crippen LogP contribution in [-0.4, -0.2) is 16.2 Å². The number of aromatic nitrogens is 2. The van der Waals surface area contributed by atoms with E-state index in [1.165, 1.54) is 5.56 Å². The topological polar surface area (TPSA) is 38.1 Å². The van der Waals surface area contributed by atoms with Crippen molar-refractivity contribution in [1.29, 1.82) is 0 Å². The molecule has 2 heterocycles. The Labute approximate surface area is 65.2 Å². The number of rotatable bonds is 0. The van der Waals surface area contributed by atoms with Crippen molar-refractivity contribution < 1.29 is 0 Å². The van der Waals surface area contributed by atoms with Gasteiger partial charge in [-0.25, -0.2) is 9.97 Å². The van der Waals surface area contributed by atoms with Crippen molar-refractivity contribution in [2.75, 3.05) is 0 Å². The molecule has 0 saturated carbocycles. The minimum atomic E-state index is 0.751. The summed E-state index contributed by atoms with van der Waals surface area (Å²) in [4.78, 5) is 12.6. The highest BCUT2D eigenvalue weighted by molar-refractivity contribution is 5.82. The van der Waals surface area contributed by atoms with Crippen LogP contribution in [0.4, 0.5) is 0 Å². The fourth-order valence-corrected chi connectivity index (χ4v) is 1.29. The number of aryl methyl sites for hydroxylation is 2. The molecule has 0 amide bonds. The monoisotopic (exact) mass is 147 g/mol. The third-order valence-corrected chi connectivity index (χ3v) is 1.82. The molecule has 3 heteroatoms.